The molecule has 0 spiro atoms. The minimum atomic E-state index is -0.293. The number of urea groups is 1. The summed E-state index contributed by atoms with van der Waals surface area (Å²) in [6.07, 6.45) is 5.44. The predicted octanol–water partition coefficient (Wildman–Crippen LogP) is 4.77. The molecular weight excluding hydrogens is 390 g/mol. The lowest BCUT2D eigenvalue weighted by atomic mass is 10.1. The largest absolute Gasteiger partial charge is 0.489 e. The first-order valence-electron chi connectivity index (χ1n) is 9.96. The lowest BCUT2D eigenvalue weighted by molar-refractivity contribution is 0.236. The minimum Gasteiger partial charge on any atom is -0.489 e. The van der Waals surface area contributed by atoms with Gasteiger partial charge < -0.3 is 15.4 Å². The molecule has 2 bridgehead atoms. The molecular formula is C24H27N5O2. The SMILES string of the molecule is C=N/C1=C\C(=N/C)N(C(=O)Nc2c(C)cccc2C)C/C=C/COc2cccc(c2)N1. The Labute approximate surface area is 182 Å². The second kappa shape index (κ2) is 10.2. The number of amides is 2. The van der Waals surface area contributed by atoms with E-state index in [9.17, 15) is 4.79 Å². The van der Waals surface area contributed by atoms with Crippen LogP contribution in [0.1, 0.15) is 11.1 Å². The van der Waals surface area contributed by atoms with E-state index in [4.69, 9.17) is 4.74 Å². The van der Waals surface area contributed by atoms with E-state index < -0.39 is 0 Å². The summed E-state index contributed by atoms with van der Waals surface area (Å²) in [6, 6.07) is 13.1. The first kappa shape index (κ1) is 21.8. The maximum absolute atomic E-state index is 13.2. The van der Waals surface area contributed by atoms with Crippen molar-refractivity contribution in [1.29, 1.82) is 0 Å². The number of aliphatic imine (C=N–C) groups is 2. The highest BCUT2D eigenvalue weighted by molar-refractivity contribution is 6.08. The molecule has 2 aromatic rings. The van der Waals surface area contributed by atoms with Crippen LogP contribution < -0.4 is 15.4 Å². The number of fused-ring (bicyclic) bond motifs is 2. The van der Waals surface area contributed by atoms with Crippen LogP contribution in [0.3, 0.4) is 0 Å². The van der Waals surface area contributed by atoms with Gasteiger partial charge in [-0.3, -0.25) is 9.89 Å². The number of rotatable bonds is 2. The van der Waals surface area contributed by atoms with Gasteiger partial charge in [-0.2, -0.15) is 0 Å². The van der Waals surface area contributed by atoms with Gasteiger partial charge in [-0.15, -0.1) is 0 Å². The molecule has 2 N–H and O–H groups in total. The number of hydrogen-bond acceptors (Lipinski definition) is 5. The molecule has 2 aromatic carbocycles. The number of aryl methyl sites for hydroxylation is 2. The van der Waals surface area contributed by atoms with E-state index in [1.165, 1.54) is 0 Å². The number of nitrogens with zero attached hydrogens (tertiary/aromatic N) is 3. The maximum Gasteiger partial charge on any atom is 0.327 e. The summed E-state index contributed by atoms with van der Waals surface area (Å²) in [7, 11) is 1.64. The van der Waals surface area contributed by atoms with Gasteiger partial charge in [0.05, 0.1) is 0 Å². The molecule has 160 valence electrons. The molecule has 0 aromatic heterocycles. The summed E-state index contributed by atoms with van der Waals surface area (Å²) >= 11 is 0. The summed E-state index contributed by atoms with van der Waals surface area (Å²) in [5, 5.41) is 6.21. The Morgan fingerprint density at radius 3 is 2.61 bits per heavy atom. The normalized spacial score (nSPS) is 18.2. The highest BCUT2D eigenvalue weighted by Crippen LogP contribution is 2.21. The zero-order valence-corrected chi connectivity index (χ0v) is 18.1. The predicted molar refractivity (Wildman–Crippen MR) is 127 cm³/mol. The molecule has 1 aliphatic heterocycles. The van der Waals surface area contributed by atoms with E-state index in [0.717, 1.165) is 28.3 Å². The van der Waals surface area contributed by atoms with E-state index in [1.807, 2.05) is 68.5 Å². The molecule has 1 heterocycles. The van der Waals surface area contributed by atoms with Gasteiger partial charge in [-0.05, 0) is 49.9 Å². The summed E-state index contributed by atoms with van der Waals surface area (Å²) in [4.78, 5) is 23.2. The van der Waals surface area contributed by atoms with Gasteiger partial charge in [0.15, 0.2) is 0 Å². The lowest BCUT2D eigenvalue weighted by Gasteiger charge is -2.23. The Morgan fingerprint density at radius 2 is 1.90 bits per heavy atom. The molecule has 0 saturated heterocycles. The number of carbonyl (C=O) groups excluding carboxylic acids is 1. The Morgan fingerprint density at radius 1 is 1.16 bits per heavy atom. The van der Waals surface area contributed by atoms with Crippen molar-refractivity contribution in [2.24, 2.45) is 9.98 Å². The lowest BCUT2D eigenvalue weighted by Crippen LogP contribution is -2.40. The number of ether oxygens (including phenoxy) is 1. The van der Waals surface area contributed by atoms with Gasteiger partial charge in [0.1, 0.15) is 24.0 Å². The molecule has 0 saturated carbocycles. The van der Waals surface area contributed by atoms with Crippen LogP contribution in [0, 0.1) is 13.8 Å². The van der Waals surface area contributed by atoms with E-state index in [1.54, 1.807) is 18.0 Å². The van der Waals surface area contributed by atoms with Crippen molar-refractivity contribution in [3.63, 3.8) is 0 Å². The van der Waals surface area contributed by atoms with Crippen molar-refractivity contribution in [2.45, 2.75) is 13.8 Å². The Kier molecular flexibility index (Phi) is 7.22. The summed E-state index contributed by atoms with van der Waals surface area (Å²) in [5.41, 5.74) is 3.56. The second-order valence-electron chi connectivity index (χ2n) is 7.01. The van der Waals surface area contributed by atoms with Gasteiger partial charge in [-0.25, -0.2) is 9.79 Å². The third kappa shape index (κ3) is 5.60. The summed E-state index contributed by atoms with van der Waals surface area (Å²) in [6.45, 7) is 8.26. The minimum absolute atomic E-state index is 0.293. The Balaban J connectivity index is 1.95. The molecule has 0 unspecified atom stereocenters. The monoisotopic (exact) mass is 417 g/mol. The molecule has 0 fully saturated rings. The summed E-state index contributed by atoms with van der Waals surface area (Å²) in [5.74, 6) is 1.64. The van der Waals surface area contributed by atoms with Gasteiger partial charge >= 0.3 is 6.03 Å². The molecule has 0 radical (unpaired) electrons. The van der Waals surface area contributed by atoms with E-state index in [2.05, 4.69) is 27.3 Å². The fourth-order valence-electron chi connectivity index (χ4n) is 3.18. The first-order valence-corrected chi connectivity index (χ1v) is 9.96. The number of hydrogen-bond donors (Lipinski definition) is 2. The number of benzene rings is 2. The van der Waals surface area contributed by atoms with Gasteiger partial charge in [0, 0.05) is 37.1 Å². The third-order valence-electron chi connectivity index (χ3n) is 4.81. The van der Waals surface area contributed by atoms with Crippen LogP contribution in [0.15, 0.2) is 76.5 Å². The van der Waals surface area contributed by atoms with Crippen LogP contribution in [-0.2, 0) is 0 Å². The molecule has 1 aliphatic rings. The highest BCUT2D eigenvalue weighted by atomic mass is 16.5. The topological polar surface area (TPSA) is 78.3 Å². The quantitative estimate of drug-likeness (QED) is 0.546. The Hall–Kier alpha value is -3.87. The molecule has 2 amide bonds. The van der Waals surface area contributed by atoms with Crippen molar-refractivity contribution in [2.75, 3.05) is 30.8 Å². The highest BCUT2D eigenvalue weighted by Gasteiger charge is 2.19. The number of amidine groups is 1. The average Bonchev–Trinajstić information content (AvgIpc) is 2.77. The molecule has 7 nitrogen and oxygen atoms in total. The van der Waals surface area contributed by atoms with Crippen LogP contribution in [-0.4, -0.2) is 43.7 Å². The molecule has 0 aliphatic carbocycles. The fourth-order valence-corrected chi connectivity index (χ4v) is 3.18. The number of para-hydroxylation sites is 1. The van der Waals surface area contributed by atoms with Gasteiger partial charge in [0.25, 0.3) is 0 Å². The van der Waals surface area contributed by atoms with Crippen LogP contribution in [0.4, 0.5) is 16.2 Å². The van der Waals surface area contributed by atoms with Crippen molar-refractivity contribution in [1.82, 2.24) is 4.90 Å². The molecule has 0 atom stereocenters. The van der Waals surface area contributed by atoms with E-state index in [0.29, 0.717) is 24.8 Å². The molecule has 7 heteroatoms. The number of nitrogens with one attached hydrogen (secondary N) is 2. The van der Waals surface area contributed by atoms with Crippen LogP contribution in [0.2, 0.25) is 0 Å². The van der Waals surface area contributed by atoms with E-state index >= 15 is 0 Å². The summed E-state index contributed by atoms with van der Waals surface area (Å²) < 4.78 is 5.76. The zero-order chi connectivity index (χ0) is 22.2. The van der Waals surface area contributed by atoms with Gasteiger partial charge in [0.2, 0.25) is 0 Å². The van der Waals surface area contributed by atoms with Crippen molar-refractivity contribution >= 4 is 30.0 Å². The van der Waals surface area contributed by atoms with Crippen LogP contribution >= 0.6 is 0 Å². The molecule has 3 rings (SSSR count). The smallest absolute Gasteiger partial charge is 0.327 e. The number of carbonyl (C=O) groups is 1. The third-order valence-corrected chi connectivity index (χ3v) is 4.81. The zero-order valence-electron chi connectivity index (χ0n) is 18.1. The first-order chi connectivity index (χ1) is 15.0. The van der Waals surface area contributed by atoms with Crippen molar-refractivity contribution in [3.05, 3.63) is 77.6 Å². The van der Waals surface area contributed by atoms with Crippen LogP contribution in [0.5, 0.6) is 5.75 Å². The van der Waals surface area contributed by atoms with Gasteiger partial charge in [-0.1, -0.05) is 30.3 Å². The fraction of sp³-hybridized carbons (Fsp3) is 0.208. The van der Waals surface area contributed by atoms with Crippen LogP contribution in [0.25, 0.3) is 0 Å². The second-order valence-corrected chi connectivity index (χ2v) is 7.01. The standard InChI is InChI=1S/C24H27N5O2/c1-17-9-7-10-18(2)23(17)28-24(30)29-13-5-6-14-31-20-12-8-11-19(15-20)27-21(25-3)16-22(29)26-4/h5-12,15-16,27H,3,13-14H2,1-2,4H3,(H,28,30)/b6-5+,21-16+,26-22+. The number of anilines is 2. The Bertz CT molecular complexity index is 1040. The molecule has 31 heavy (non-hydrogen) atoms. The van der Waals surface area contributed by atoms with Crippen molar-refractivity contribution < 1.29 is 9.53 Å². The maximum atomic E-state index is 13.2. The van der Waals surface area contributed by atoms with E-state index in [-0.39, 0.29) is 6.03 Å². The van der Waals surface area contributed by atoms with Crippen molar-refractivity contribution in [3.8, 4) is 5.75 Å². The average molecular weight is 418 g/mol.